The molecular weight excluding hydrogens is 484 g/mol. The second kappa shape index (κ2) is 12.1. The highest BCUT2D eigenvalue weighted by Crippen LogP contribution is 2.39. The van der Waals surface area contributed by atoms with E-state index in [1.54, 1.807) is 6.08 Å². The molecular formula is C30H34F4O3. The molecule has 3 nitrogen and oxygen atoms in total. The fourth-order valence-electron chi connectivity index (χ4n) is 5.54. The quantitative estimate of drug-likeness (QED) is 0.152. The molecule has 0 bridgehead atoms. The van der Waals surface area contributed by atoms with E-state index in [2.05, 4.69) is 13.5 Å². The van der Waals surface area contributed by atoms with Crippen molar-refractivity contribution in [3.8, 4) is 5.75 Å². The van der Waals surface area contributed by atoms with Crippen LogP contribution >= 0.6 is 0 Å². The summed E-state index contributed by atoms with van der Waals surface area (Å²) in [6.45, 7) is 5.93. The average molecular weight is 519 g/mol. The summed E-state index contributed by atoms with van der Waals surface area (Å²) in [4.78, 5) is 12.7. The zero-order valence-corrected chi connectivity index (χ0v) is 21.2. The highest BCUT2D eigenvalue weighted by molar-refractivity contribution is 5.90. The molecule has 2 aromatic carbocycles. The number of ether oxygens (including phenoxy) is 2. The minimum atomic E-state index is -1.16. The SMILES string of the molecule is C=CCCOc1ccc(C2CCC(OC(=O)c3ccc(C4CCC(C)CC4)c(F)c3F)CC2)c(F)c1F. The van der Waals surface area contributed by atoms with Gasteiger partial charge in [-0.25, -0.2) is 18.0 Å². The minimum Gasteiger partial charge on any atom is -0.490 e. The first-order valence-electron chi connectivity index (χ1n) is 13.2. The van der Waals surface area contributed by atoms with Crippen molar-refractivity contribution in [2.24, 2.45) is 5.92 Å². The number of esters is 1. The second-order valence-electron chi connectivity index (χ2n) is 10.4. The smallest absolute Gasteiger partial charge is 0.341 e. The first-order chi connectivity index (χ1) is 17.8. The number of halogens is 4. The number of carbonyl (C=O) groups excluding carboxylic acids is 1. The van der Waals surface area contributed by atoms with Crippen LogP contribution in [0.4, 0.5) is 17.6 Å². The second-order valence-corrected chi connectivity index (χ2v) is 10.4. The lowest BCUT2D eigenvalue weighted by Crippen LogP contribution is -2.25. The lowest BCUT2D eigenvalue weighted by atomic mass is 9.79. The highest BCUT2D eigenvalue weighted by Gasteiger charge is 2.31. The van der Waals surface area contributed by atoms with E-state index >= 15 is 0 Å². The van der Waals surface area contributed by atoms with Gasteiger partial charge in [0.2, 0.25) is 5.82 Å². The molecule has 0 atom stereocenters. The van der Waals surface area contributed by atoms with Crippen molar-refractivity contribution in [3.63, 3.8) is 0 Å². The minimum absolute atomic E-state index is 0.0379. The molecule has 2 fully saturated rings. The van der Waals surface area contributed by atoms with E-state index in [0.717, 1.165) is 25.7 Å². The molecule has 2 aromatic rings. The maximum absolute atomic E-state index is 14.8. The Morgan fingerprint density at radius 2 is 1.41 bits per heavy atom. The van der Waals surface area contributed by atoms with E-state index in [-0.39, 0.29) is 29.8 Å². The van der Waals surface area contributed by atoms with Gasteiger partial charge >= 0.3 is 5.97 Å². The van der Waals surface area contributed by atoms with Gasteiger partial charge in [0.15, 0.2) is 23.2 Å². The van der Waals surface area contributed by atoms with Crippen LogP contribution in [-0.2, 0) is 4.74 Å². The maximum atomic E-state index is 14.8. The highest BCUT2D eigenvalue weighted by atomic mass is 19.2. The van der Waals surface area contributed by atoms with Gasteiger partial charge < -0.3 is 9.47 Å². The van der Waals surface area contributed by atoms with Crippen LogP contribution in [0.5, 0.6) is 5.75 Å². The number of rotatable bonds is 8. The monoisotopic (exact) mass is 518 g/mol. The summed E-state index contributed by atoms with van der Waals surface area (Å²) in [5, 5.41) is 0. The van der Waals surface area contributed by atoms with E-state index < -0.39 is 40.9 Å². The van der Waals surface area contributed by atoms with Gasteiger partial charge in [0, 0.05) is 0 Å². The van der Waals surface area contributed by atoms with E-state index in [1.165, 1.54) is 24.3 Å². The molecule has 2 aliphatic rings. The fourth-order valence-corrected chi connectivity index (χ4v) is 5.54. The van der Waals surface area contributed by atoms with Gasteiger partial charge in [-0.05, 0) is 86.0 Å². The van der Waals surface area contributed by atoms with Crippen molar-refractivity contribution in [2.45, 2.75) is 82.7 Å². The van der Waals surface area contributed by atoms with E-state index in [9.17, 15) is 22.4 Å². The summed E-state index contributed by atoms with van der Waals surface area (Å²) in [6, 6.07) is 5.79. The molecule has 0 aromatic heterocycles. The number of carbonyl (C=O) groups is 1. The van der Waals surface area contributed by atoms with Crippen LogP contribution in [0.2, 0.25) is 0 Å². The summed E-state index contributed by atoms with van der Waals surface area (Å²) in [5.74, 6) is -4.80. The number of hydrogen-bond donors (Lipinski definition) is 0. The summed E-state index contributed by atoms with van der Waals surface area (Å²) < 4.78 is 69.6. The lowest BCUT2D eigenvalue weighted by Gasteiger charge is -2.29. The Kier molecular flexibility index (Phi) is 8.93. The molecule has 0 spiro atoms. The van der Waals surface area contributed by atoms with Crippen molar-refractivity contribution in [3.05, 3.63) is 76.9 Å². The summed E-state index contributed by atoms with van der Waals surface area (Å²) in [5.41, 5.74) is 0.180. The first-order valence-corrected chi connectivity index (χ1v) is 13.2. The zero-order chi connectivity index (χ0) is 26.5. The van der Waals surface area contributed by atoms with Crippen molar-refractivity contribution >= 4 is 5.97 Å². The molecule has 2 saturated carbocycles. The molecule has 0 N–H and O–H groups in total. The van der Waals surface area contributed by atoms with Crippen molar-refractivity contribution in [1.82, 2.24) is 0 Å². The Hall–Kier alpha value is -2.83. The maximum Gasteiger partial charge on any atom is 0.341 e. The molecule has 37 heavy (non-hydrogen) atoms. The normalized spacial score (nSPS) is 23.9. The van der Waals surface area contributed by atoms with E-state index in [1.807, 2.05) is 0 Å². The van der Waals surface area contributed by atoms with Gasteiger partial charge in [-0.1, -0.05) is 38.0 Å². The topological polar surface area (TPSA) is 35.5 Å². The van der Waals surface area contributed by atoms with Crippen LogP contribution in [0.1, 0.15) is 98.0 Å². The average Bonchev–Trinajstić information content (AvgIpc) is 2.89. The summed E-state index contributed by atoms with van der Waals surface area (Å²) >= 11 is 0. The van der Waals surface area contributed by atoms with Crippen LogP contribution in [0.15, 0.2) is 36.9 Å². The van der Waals surface area contributed by atoms with Crippen molar-refractivity contribution in [1.29, 1.82) is 0 Å². The van der Waals surface area contributed by atoms with Crippen LogP contribution < -0.4 is 4.74 Å². The Morgan fingerprint density at radius 1 is 0.838 bits per heavy atom. The predicted octanol–water partition coefficient (Wildman–Crippen LogP) is 8.37. The van der Waals surface area contributed by atoms with Crippen molar-refractivity contribution in [2.75, 3.05) is 6.61 Å². The molecule has 4 rings (SSSR count). The van der Waals surface area contributed by atoms with Gasteiger partial charge in [0.05, 0.1) is 12.2 Å². The molecule has 0 radical (unpaired) electrons. The Morgan fingerprint density at radius 3 is 2.03 bits per heavy atom. The van der Waals surface area contributed by atoms with Gasteiger partial charge in [0.1, 0.15) is 6.10 Å². The molecule has 0 unspecified atom stereocenters. The fraction of sp³-hybridized carbons (Fsp3) is 0.500. The van der Waals surface area contributed by atoms with Gasteiger partial charge in [-0.2, -0.15) is 4.39 Å². The van der Waals surface area contributed by atoms with Crippen molar-refractivity contribution < 1.29 is 31.8 Å². The summed E-state index contributed by atoms with van der Waals surface area (Å²) in [7, 11) is 0. The molecule has 7 heteroatoms. The third-order valence-corrected chi connectivity index (χ3v) is 7.83. The van der Waals surface area contributed by atoms with Gasteiger partial charge in [-0.3, -0.25) is 0 Å². The predicted molar refractivity (Wildman–Crippen MR) is 134 cm³/mol. The molecule has 2 aliphatic carbocycles. The third kappa shape index (κ3) is 6.19. The molecule has 0 saturated heterocycles. The van der Waals surface area contributed by atoms with Crippen LogP contribution in [0.25, 0.3) is 0 Å². The van der Waals surface area contributed by atoms with Crippen LogP contribution in [-0.4, -0.2) is 18.7 Å². The Balaban J connectivity index is 1.35. The van der Waals surface area contributed by atoms with Crippen LogP contribution in [0, 0.1) is 29.2 Å². The zero-order valence-electron chi connectivity index (χ0n) is 21.2. The van der Waals surface area contributed by atoms with E-state index in [0.29, 0.717) is 43.6 Å². The van der Waals surface area contributed by atoms with Gasteiger partial charge in [-0.15, -0.1) is 6.58 Å². The third-order valence-electron chi connectivity index (χ3n) is 7.83. The largest absolute Gasteiger partial charge is 0.490 e. The molecule has 0 heterocycles. The standard InChI is InChI=1S/C30H34F4O3/c1-3-4-17-36-25-16-15-23(27(32)29(25)34)20-9-11-21(12-10-20)37-30(35)24-14-13-22(26(31)28(24)33)19-7-5-18(2)6-8-19/h3,13-16,18-21H,1,4-12,17H2,2H3. The molecule has 200 valence electrons. The number of benzene rings is 2. The lowest BCUT2D eigenvalue weighted by molar-refractivity contribution is 0.0188. The van der Waals surface area contributed by atoms with Crippen LogP contribution in [0.3, 0.4) is 0 Å². The Labute approximate surface area is 215 Å². The molecule has 0 amide bonds. The van der Waals surface area contributed by atoms with Gasteiger partial charge in [0.25, 0.3) is 0 Å². The molecule has 0 aliphatic heterocycles. The summed E-state index contributed by atoms with van der Waals surface area (Å²) in [6.07, 6.45) is 6.99. The Bertz CT molecular complexity index is 1120. The first kappa shape index (κ1) is 27.2. The number of hydrogen-bond acceptors (Lipinski definition) is 3. The van der Waals surface area contributed by atoms with E-state index in [4.69, 9.17) is 9.47 Å².